The van der Waals surface area contributed by atoms with Crippen molar-refractivity contribution < 1.29 is 32.9 Å². The predicted octanol–water partition coefficient (Wildman–Crippen LogP) is 23.0. The van der Waals surface area contributed by atoms with Gasteiger partial charge < -0.3 is 28.8 Å². The highest BCUT2D eigenvalue weighted by Crippen LogP contribution is 2.38. The van der Waals surface area contributed by atoms with Crippen LogP contribution in [0.1, 0.15) is 316 Å². The van der Waals surface area contributed by atoms with Gasteiger partial charge in [0.05, 0.1) is 39.9 Å². The predicted molar refractivity (Wildman–Crippen MR) is 380 cm³/mol. The van der Waals surface area contributed by atoms with Crippen molar-refractivity contribution in [2.75, 3.05) is 40.9 Å². The van der Waals surface area contributed by atoms with Crippen LogP contribution in [0.2, 0.25) is 0 Å². The van der Waals surface area contributed by atoms with Gasteiger partial charge in [0.2, 0.25) is 5.91 Å². The molecule has 2 N–H and O–H groups in total. The molecule has 0 aliphatic rings. The Hall–Kier alpha value is -3.10. The number of phosphoric ester groups is 1. The summed E-state index contributed by atoms with van der Waals surface area (Å²) in [5, 5.41) is 13.9. The first-order valence-corrected chi connectivity index (χ1v) is 37.9. The second-order valence-corrected chi connectivity index (χ2v) is 27.0. The van der Waals surface area contributed by atoms with Crippen LogP contribution in [0, 0.1) is 0 Å². The number of amides is 1. The van der Waals surface area contributed by atoms with Gasteiger partial charge in [0.1, 0.15) is 13.2 Å². The molecule has 3 atom stereocenters. The molecule has 0 spiro atoms. The number of hydrogen-bond acceptors (Lipinski definition) is 6. The standard InChI is InChI=1S/C78H139N2O6P/c1-6-8-10-12-14-16-18-20-22-24-26-28-30-32-33-34-35-36-37-38-39-40-41-42-43-44-45-46-47-48-50-52-54-56-58-60-62-64-66-68-70-72-78(82)79-76(75-86-87(83,84)85-74-73-80(3,4)5)77(81)71-69-67-65-63-61-59-57-55-53-51-49-31-29-27-25-23-21-19-17-15-13-11-9-7-2/h8,10,14,16,20,22,26,28,32-33,35-36,38-39,41-42,61,63,69,71,76-77,81H,6-7,9,11-13,15,17-19,21,23-25,27,29-31,34,37,40,43-60,62,64-68,70,72-75H2,1-5H3,(H-,79,82,83,84)/b10-8-,16-14-,22-20-,28-26-,33-32-,36-35-,39-38-,42-41-,63-61+,71-69+. The van der Waals surface area contributed by atoms with Crippen molar-refractivity contribution in [2.24, 2.45) is 0 Å². The van der Waals surface area contributed by atoms with E-state index >= 15 is 0 Å². The number of unbranched alkanes of at least 4 members (excludes halogenated alkanes) is 35. The molecule has 0 aromatic rings. The highest BCUT2D eigenvalue weighted by Gasteiger charge is 2.23. The molecule has 9 heteroatoms. The van der Waals surface area contributed by atoms with E-state index in [1.165, 1.54) is 205 Å². The first-order valence-electron chi connectivity index (χ1n) is 36.4. The molecule has 0 fully saturated rings. The third kappa shape index (κ3) is 70.2. The van der Waals surface area contributed by atoms with E-state index in [9.17, 15) is 19.4 Å². The molecule has 0 radical (unpaired) electrons. The van der Waals surface area contributed by atoms with Crippen molar-refractivity contribution >= 4 is 13.7 Å². The van der Waals surface area contributed by atoms with Gasteiger partial charge in [-0.05, 0) is 96.3 Å². The Morgan fingerprint density at radius 3 is 1.07 bits per heavy atom. The lowest BCUT2D eigenvalue weighted by Gasteiger charge is -2.29. The maximum atomic E-state index is 13.0. The first kappa shape index (κ1) is 83.9. The lowest BCUT2D eigenvalue weighted by molar-refractivity contribution is -0.870. The third-order valence-electron chi connectivity index (χ3n) is 15.9. The summed E-state index contributed by atoms with van der Waals surface area (Å²) < 4.78 is 23.4. The molecule has 0 aromatic heterocycles. The Bertz CT molecular complexity index is 1840. The fraction of sp³-hybridized carbons (Fsp3) is 0.731. The molecule has 0 rings (SSSR count). The van der Waals surface area contributed by atoms with Gasteiger partial charge in [-0.25, -0.2) is 0 Å². The zero-order valence-electron chi connectivity index (χ0n) is 57.4. The number of phosphoric acid groups is 1. The molecule has 0 saturated carbocycles. The first-order chi connectivity index (χ1) is 42.5. The third-order valence-corrected chi connectivity index (χ3v) is 16.9. The molecule has 0 bridgehead atoms. The Morgan fingerprint density at radius 1 is 0.414 bits per heavy atom. The molecular formula is C78H139N2O6P. The number of aliphatic hydroxyl groups excluding tert-OH is 1. The van der Waals surface area contributed by atoms with Crippen molar-refractivity contribution in [3.05, 3.63) is 122 Å². The molecule has 87 heavy (non-hydrogen) atoms. The number of allylic oxidation sites excluding steroid dienone is 19. The summed E-state index contributed by atoms with van der Waals surface area (Å²) >= 11 is 0. The summed E-state index contributed by atoms with van der Waals surface area (Å²) in [7, 11) is 1.24. The lowest BCUT2D eigenvalue weighted by Crippen LogP contribution is -2.45. The minimum Gasteiger partial charge on any atom is -0.756 e. The lowest BCUT2D eigenvalue weighted by atomic mass is 10.0. The summed E-state index contributed by atoms with van der Waals surface area (Å²) in [5.74, 6) is -0.207. The second-order valence-electron chi connectivity index (χ2n) is 25.6. The average Bonchev–Trinajstić information content (AvgIpc) is 3.71. The summed E-state index contributed by atoms with van der Waals surface area (Å²) in [6.07, 6.45) is 100. The van der Waals surface area contributed by atoms with Gasteiger partial charge in [-0.1, -0.05) is 334 Å². The number of likely N-dealkylation sites (N-methyl/N-ethyl adjacent to an activating group) is 1. The van der Waals surface area contributed by atoms with Crippen molar-refractivity contribution in [1.82, 2.24) is 5.32 Å². The summed E-state index contributed by atoms with van der Waals surface area (Å²) in [5.41, 5.74) is 0. The van der Waals surface area contributed by atoms with Gasteiger partial charge in [-0.15, -0.1) is 0 Å². The van der Waals surface area contributed by atoms with E-state index in [1.54, 1.807) is 6.08 Å². The summed E-state index contributed by atoms with van der Waals surface area (Å²) in [4.78, 5) is 25.6. The Balaban J connectivity index is 4.06. The molecule has 0 aliphatic carbocycles. The molecule has 0 aromatic carbocycles. The molecule has 0 saturated heterocycles. The average molecular weight is 1230 g/mol. The number of aliphatic hydroxyl groups is 1. The quantitative estimate of drug-likeness (QED) is 0.0272. The zero-order valence-corrected chi connectivity index (χ0v) is 58.3. The number of hydrogen-bond donors (Lipinski definition) is 2. The van der Waals surface area contributed by atoms with Crippen LogP contribution in [-0.4, -0.2) is 68.5 Å². The van der Waals surface area contributed by atoms with E-state index in [2.05, 4.69) is 129 Å². The monoisotopic (exact) mass is 1230 g/mol. The zero-order chi connectivity index (χ0) is 63.4. The van der Waals surface area contributed by atoms with Gasteiger partial charge in [-0.2, -0.15) is 0 Å². The smallest absolute Gasteiger partial charge is 0.268 e. The number of quaternary nitrogens is 1. The van der Waals surface area contributed by atoms with Gasteiger partial charge >= 0.3 is 0 Å². The highest BCUT2D eigenvalue weighted by molar-refractivity contribution is 7.45. The normalized spacial score (nSPS) is 14.3. The van der Waals surface area contributed by atoms with Gasteiger partial charge in [-0.3, -0.25) is 9.36 Å². The topological polar surface area (TPSA) is 108 Å². The van der Waals surface area contributed by atoms with Crippen molar-refractivity contribution in [2.45, 2.75) is 328 Å². The number of carbonyl (C=O) groups is 1. The van der Waals surface area contributed by atoms with Crippen molar-refractivity contribution in [3.63, 3.8) is 0 Å². The van der Waals surface area contributed by atoms with Crippen LogP contribution in [0.15, 0.2) is 122 Å². The van der Waals surface area contributed by atoms with E-state index in [1.807, 2.05) is 27.2 Å². The molecule has 502 valence electrons. The van der Waals surface area contributed by atoms with Crippen LogP contribution in [0.5, 0.6) is 0 Å². The van der Waals surface area contributed by atoms with Crippen LogP contribution in [0.25, 0.3) is 0 Å². The molecule has 3 unspecified atom stereocenters. The van der Waals surface area contributed by atoms with Crippen LogP contribution >= 0.6 is 7.82 Å². The highest BCUT2D eigenvalue weighted by atomic mass is 31.2. The van der Waals surface area contributed by atoms with E-state index < -0.39 is 26.6 Å². The fourth-order valence-electron chi connectivity index (χ4n) is 10.3. The molecular weight excluding hydrogens is 1090 g/mol. The molecule has 0 aliphatic heterocycles. The van der Waals surface area contributed by atoms with E-state index in [0.29, 0.717) is 17.4 Å². The minimum absolute atomic E-state index is 0.00950. The summed E-state index contributed by atoms with van der Waals surface area (Å²) in [6, 6.07) is -0.911. The van der Waals surface area contributed by atoms with Gasteiger partial charge in [0, 0.05) is 6.42 Å². The Morgan fingerprint density at radius 2 is 0.713 bits per heavy atom. The number of nitrogens with one attached hydrogen (secondary N) is 1. The molecule has 0 heterocycles. The van der Waals surface area contributed by atoms with Gasteiger partial charge in [0.25, 0.3) is 7.82 Å². The number of rotatable bonds is 66. The van der Waals surface area contributed by atoms with E-state index in [4.69, 9.17) is 9.05 Å². The van der Waals surface area contributed by atoms with Crippen molar-refractivity contribution in [3.8, 4) is 0 Å². The van der Waals surface area contributed by atoms with Crippen LogP contribution < -0.4 is 10.2 Å². The second kappa shape index (κ2) is 67.3. The maximum absolute atomic E-state index is 13.0. The van der Waals surface area contributed by atoms with Crippen LogP contribution in [-0.2, 0) is 18.4 Å². The number of nitrogens with zero attached hydrogens (tertiary/aromatic N) is 1. The number of carbonyl (C=O) groups excluding carboxylic acids is 1. The van der Waals surface area contributed by atoms with Crippen LogP contribution in [0.3, 0.4) is 0 Å². The summed E-state index contributed by atoms with van der Waals surface area (Å²) in [6.45, 7) is 4.54. The van der Waals surface area contributed by atoms with Crippen LogP contribution in [0.4, 0.5) is 0 Å². The van der Waals surface area contributed by atoms with Gasteiger partial charge in [0.15, 0.2) is 0 Å². The largest absolute Gasteiger partial charge is 0.756 e. The molecule has 1 amide bonds. The molecule has 8 nitrogen and oxygen atoms in total. The Kier molecular flexibility index (Phi) is 64.9. The van der Waals surface area contributed by atoms with Crippen molar-refractivity contribution in [1.29, 1.82) is 0 Å². The SMILES string of the molecule is CC/C=C\C/C=C\C/C=C\C/C=C\C/C=C\C/C=C\C/C=C\C/C=C\CCCCCCCCCCCCCCCCCCC(=O)NC(COP(=O)([O-])OCC[N+](C)(C)C)C(O)/C=C/CC/C=C/CCCCCCCCCCCCCCCCCCCC. The fourth-order valence-corrected chi connectivity index (χ4v) is 11.0. The van der Waals surface area contributed by atoms with E-state index in [-0.39, 0.29) is 12.5 Å². The maximum Gasteiger partial charge on any atom is 0.268 e. The van der Waals surface area contributed by atoms with E-state index in [0.717, 1.165) is 89.9 Å². The Labute approximate surface area is 539 Å². The minimum atomic E-state index is -4.62.